The molecule has 3 rings (SSSR count). The van der Waals surface area contributed by atoms with E-state index in [1.54, 1.807) is 24.4 Å². The van der Waals surface area contributed by atoms with Gasteiger partial charge in [0.15, 0.2) is 0 Å². The number of aromatic hydroxyl groups is 1. The minimum atomic E-state index is 0.0195. The van der Waals surface area contributed by atoms with Crippen LogP contribution in [0.5, 0.6) is 5.75 Å². The zero-order chi connectivity index (χ0) is 15.5. The molecule has 1 saturated carbocycles. The second-order valence-electron chi connectivity index (χ2n) is 5.84. The van der Waals surface area contributed by atoms with Gasteiger partial charge >= 0.3 is 0 Å². The van der Waals surface area contributed by atoms with Crippen LogP contribution >= 0.6 is 0 Å². The molecular formula is C18H20N2O2. The van der Waals surface area contributed by atoms with E-state index in [-0.39, 0.29) is 17.7 Å². The summed E-state index contributed by atoms with van der Waals surface area (Å²) in [7, 11) is 0. The maximum Gasteiger partial charge on any atom is 0.227 e. The lowest BCUT2D eigenvalue weighted by Crippen LogP contribution is -2.36. The summed E-state index contributed by atoms with van der Waals surface area (Å²) in [5.41, 5.74) is 1.90. The Morgan fingerprint density at radius 3 is 2.82 bits per heavy atom. The summed E-state index contributed by atoms with van der Waals surface area (Å²) in [6.45, 7) is 2.05. The Hall–Kier alpha value is -2.36. The lowest BCUT2D eigenvalue weighted by Gasteiger charge is -2.29. The number of pyridine rings is 1. The SMILES string of the molecule is C[C@H](c1cccnc1)N(C(=O)Cc1cccc(O)c1)C1CC1. The number of phenols is 1. The molecule has 0 spiro atoms. The second kappa shape index (κ2) is 6.18. The topological polar surface area (TPSA) is 53.4 Å². The quantitative estimate of drug-likeness (QED) is 0.922. The van der Waals surface area contributed by atoms with Gasteiger partial charge in [-0.3, -0.25) is 9.78 Å². The van der Waals surface area contributed by atoms with Crippen LogP contribution in [-0.2, 0) is 11.2 Å². The van der Waals surface area contributed by atoms with Crippen LogP contribution in [0.1, 0.15) is 36.9 Å². The minimum absolute atomic E-state index is 0.0195. The predicted octanol–water partition coefficient (Wildman–Crippen LogP) is 3.08. The molecule has 0 bridgehead atoms. The Morgan fingerprint density at radius 1 is 1.36 bits per heavy atom. The van der Waals surface area contributed by atoms with Crippen molar-refractivity contribution in [1.82, 2.24) is 9.88 Å². The zero-order valence-corrected chi connectivity index (χ0v) is 12.6. The summed E-state index contributed by atoms with van der Waals surface area (Å²) in [4.78, 5) is 18.9. The summed E-state index contributed by atoms with van der Waals surface area (Å²) in [6, 6.07) is 11.2. The van der Waals surface area contributed by atoms with Crippen LogP contribution in [-0.4, -0.2) is 26.9 Å². The zero-order valence-electron chi connectivity index (χ0n) is 12.6. The van der Waals surface area contributed by atoms with Crippen molar-refractivity contribution < 1.29 is 9.90 Å². The number of nitrogens with zero attached hydrogens (tertiary/aromatic N) is 2. The molecule has 1 aliphatic carbocycles. The lowest BCUT2D eigenvalue weighted by atomic mass is 10.1. The van der Waals surface area contributed by atoms with Crippen LogP contribution in [0.25, 0.3) is 0 Å². The highest BCUT2D eigenvalue weighted by atomic mass is 16.3. The van der Waals surface area contributed by atoms with Crippen molar-refractivity contribution in [2.45, 2.75) is 38.3 Å². The number of aromatic nitrogens is 1. The van der Waals surface area contributed by atoms with Gasteiger partial charge in [-0.05, 0) is 49.1 Å². The molecule has 1 heterocycles. The van der Waals surface area contributed by atoms with E-state index >= 15 is 0 Å². The Morgan fingerprint density at radius 2 is 2.18 bits per heavy atom. The van der Waals surface area contributed by atoms with Gasteiger partial charge < -0.3 is 10.0 Å². The summed E-state index contributed by atoms with van der Waals surface area (Å²) in [5, 5.41) is 9.54. The maximum absolute atomic E-state index is 12.7. The summed E-state index contributed by atoms with van der Waals surface area (Å²) < 4.78 is 0. The average molecular weight is 296 g/mol. The summed E-state index contributed by atoms with van der Waals surface area (Å²) in [5.74, 6) is 0.299. The molecule has 0 saturated heterocycles. The molecule has 22 heavy (non-hydrogen) atoms. The van der Waals surface area contributed by atoms with Gasteiger partial charge in [-0.25, -0.2) is 0 Å². The number of benzene rings is 1. The fourth-order valence-electron chi connectivity index (χ4n) is 2.80. The molecule has 114 valence electrons. The molecule has 1 aromatic carbocycles. The largest absolute Gasteiger partial charge is 0.508 e. The van der Waals surface area contributed by atoms with E-state index in [0.717, 1.165) is 24.0 Å². The number of carbonyl (C=O) groups excluding carboxylic acids is 1. The van der Waals surface area contributed by atoms with Gasteiger partial charge in [-0.2, -0.15) is 0 Å². The van der Waals surface area contributed by atoms with Crippen molar-refractivity contribution in [1.29, 1.82) is 0 Å². The van der Waals surface area contributed by atoms with Crippen LogP contribution in [0, 0.1) is 0 Å². The van der Waals surface area contributed by atoms with E-state index < -0.39 is 0 Å². The van der Waals surface area contributed by atoms with Gasteiger partial charge in [0.05, 0.1) is 12.5 Å². The van der Waals surface area contributed by atoms with Gasteiger partial charge in [-0.1, -0.05) is 18.2 Å². The number of rotatable bonds is 5. The van der Waals surface area contributed by atoms with Gasteiger partial charge in [0.25, 0.3) is 0 Å². The van der Waals surface area contributed by atoms with Crippen molar-refractivity contribution in [3.63, 3.8) is 0 Å². The fourth-order valence-corrected chi connectivity index (χ4v) is 2.80. The second-order valence-corrected chi connectivity index (χ2v) is 5.84. The molecule has 1 fully saturated rings. The summed E-state index contributed by atoms with van der Waals surface area (Å²) >= 11 is 0. The minimum Gasteiger partial charge on any atom is -0.508 e. The third-order valence-corrected chi connectivity index (χ3v) is 4.08. The molecule has 2 aromatic rings. The molecule has 0 aliphatic heterocycles. The van der Waals surface area contributed by atoms with E-state index in [4.69, 9.17) is 0 Å². The van der Waals surface area contributed by atoms with Crippen molar-refractivity contribution in [3.8, 4) is 5.75 Å². The number of hydrogen-bond acceptors (Lipinski definition) is 3. The monoisotopic (exact) mass is 296 g/mol. The molecule has 1 N–H and O–H groups in total. The molecule has 1 aliphatic rings. The van der Waals surface area contributed by atoms with Crippen molar-refractivity contribution in [3.05, 3.63) is 59.9 Å². The molecule has 0 unspecified atom stereocenters. The molecule has 1 amide bonds. The average Bonchev–Trinajstić information content (AvgIpc) is 3.33. The fraction of sp³-hybridized carbons (Fsp3) is 0.333. The van der Waals surface area contributed by atoms with Gasteiger partial charge in [0, 0.05) is 18.4 Å². The lowest BCUT2D eigenvalue weighted by molar-refractivity contribution is -0.133. The third-order valence-electron chi connectivity index (χ3n) is 4.08. The third kappa shape index (κ3) is 3.27. The number of phenolic OH excluding ortho intramolecular Hbond substituents is 1. The molecule has 1 atom stereocenters. The van der Waals surface area contributed by atoms with E-state index in [0.29, 0.717) is 12.5 Å². The van der Waals surface area contributed by atoms with Crippen LogP contribution in [0.4, 0.5) is 0 Å². The van der Waals surface area contributed by atoms with E-state index in [2.05, 4.69) is 11.9 Å². The highest BCUT2D eigenvalue weighted by Crippen LogP contribution is 2.34. The van der Waals surface area contributed by atoms with Crippen molar-refractivity contribution in [2.24, 2.45) is 0 Å². The first-order chi connectivity index (χ1) is 10.6. The first-order valence-corrected chi connectivity index (χ1v) is 7.64. The molecule has 0 radical (unpaired) electrons. The smallest absolute Gasteiger partial charge is 0.227 e. The van der Waals surface area contributed by atoms with Gasteiger partial charge in [0.2, 0.25) is 5.91 Å². The van der Waals surface area contributed by atoms with E-state index in [1.807, 2.05) is 29.3 Å². The van der Waals surface area contributed by atoms with Gasteiger partial charge in [0.1, 0.15) is 5.75 Å². The first kappa shape index (κ1) is 14.6. The molecular weight excluding hydrogens is 276 g/mol. The molecule has 4 heteroatoms. The Labute approximate surface area is 130 Å². The van der Waals surface area contributed by atoms with Crippen molar-refractivity contribution >= 4 is 5.91 Å². The van der Waals surface area contributed by atoms with Crippen LogP contribution in [0.3, 0.4) is 0 Å². The number of carbonyl (C=O) groups is 1. The highest BCUT2D eigenvalue weighted by Gasteiger charge is 2.36. The van der Waals surface area contributed by atoms with E-state index in [1.165, 1.54) is 0 Å². The molecule has 1 aromatic heterocycles. The maximum atomic E-state index is 12.7. The first-order valence-electron chi connectivity index (χ1n) is 7.64. The standard InChI is InChI=1S/C18H20N2O2/c1-13(15-5-3-9-19-12-15)20(16-7-8-16)18(22)11-14-4-2-6-17(21)10-14/h2-6,9-10,12-13,16,21H,7-8,11H2,1H3/t13-/m1/s1. The highest BCUT2D eigenvalue weighted by molar-refractivity contribution is 5.80. The van der Waals surface area contributed by atoms with Crippen molar-refractivity contribution in [2.75, 3.05) is 0 Å². The Kier molecular flexibility index (Phi) is 4.09. The number of hydrogen-bond donors (Lipinski definition) is 1. The normalized spacial score (nSPS) is 15.3. The van der Waals surface area contributed by atoms with Crippen LogP contribution < -0.4 is 0 Å². The number of amides is 1. The Balaban J connectivity index is 1.77. The van der Waals surface area contributed by atoms with Crippen LogP contribution in [0.15, 0.2) is 48.8 Å². The summed E-state index contributed by atoms with van der Waals surface area (Å²) in [6.07, 6.45) is 6.01. The van der Waals surface area contributed by atoms with Gasteiger partial charge in [-0.15, -0.1) is 0 Å². The Bertz CT molecular complexity index is 653. The van der Waals surface area contributed by atoms with Crippen LogP contribution in [0.2, 0.25) is 0 Å². The van der Waals surface area contributed by atoms with E-state index in [9.17, 15) is 9.90 Å². The predicted molar refractivity (Wildman–Crippen MR) is 84.3 cm³/mol. The molecule has 4 nitrogen and oxygen atoms in total.